The molecular weight excluding hydrogens is 439 g/mol. The zero-order valence-corrected chi connectivity index (χ0v) is 18.7. The fourth-order valence-electron chi connectivity index (χ4n) is 5.57. The van der Waals surface area contributed by atoms with Crippen molar-refractivity contribution in [1.29, 1.82) is 0 Å². The molecule has 2 heterocycles. The summed E-state index contributed by atoms with van der Waals surface area (Å²) in [5.41, 5.74) is 0.365. The van der Waals surface area contributed by atoms with Gasteiger partial charge in [-0.05, 0) is 32.6 Å². The molecule has 2 aliphatic carbocycles. The minimum Gasteiger partial charge on any atom is -0.378 e. The molecule has 4 aliphatic rings. The molecule has 2 aliphatic heterocycles. The van der Waals surface area contributed by atoms with Gasteiger partial charge >= 0.3 is 0 Å². The highest BCUT2D eigenvalue weighted by molar-refractivity contribution is 14.0. The van der Waals surface area contributed by atoms with Crippen LogP contribution in [0.4, 0.5) is 0 Å². The summed E-state index contributed by atoms with van der Waals surface area (Å²) in [4.78, 5) is 9.69. The third kappa shape index (κ3) is 3.65. The fourth-order valence-corrected chi connectivity index (χ4v) is 5.57. The second kappa shape index (κ2) is 8.78. The first-order valence-electron chi connectivity index (χ1n) is 10.3. The molecule has 5 nitrogen and oxygen atoms in total. The Bertz CT molecular complexity index is 524. The number of ether oxygens (including phenoxy) is 1. The van der Waals surface area contributed by atoms with Crippen LogP contribution in [-0.4, -0.2) is 73.8 Å². The molecule has 3 fully saturated rings. The van der Waals surface area contributed by atoms with Gasteiger partial charge in [0, 0.05) is 57.3 Å². The molecule has 148 valence electrons. The summed E-state index contributed by atoms with van der Waals surface area (Å²) < 4.78 is 6.06. The zero-order valence-electron chi connectivity index (χ0n) is 16.3. The van der Waals surface area contributed by atoms with Gasteiger partial charge in [-0.15, -0.1) is 24.0 Å². The Kier molecular flexibility index (Phi) is 6.88. The Morgan fingerprint density at radius 3 is 2.65 bits per heavy atom. The van der Waals surface area contributed by atoms with E-state index in [1.165, 1.54) is 32.1 Å². The summed E-state index contributed by atoms with van der Waals surface area (Å²) in [5, 5.41) is 3.84. The van der Waals surface area contributed by atoms with E-state index in [4.69, 9.17) is 4.74 Å². The van der Waals surface area contributed by atoms with Gasteiger partial charge in [0.15, 0.2) is 5.96 Å². The summed E-state index contributed by atoms with van der Waals surface area (Å²) in [5.74, 6) is 1.11. The Morgan fingerprint density at radius 2 is 2.00 bits per heavy atom. The smallest absolute Gasteiger partial charge is 0.193 e. The van der Waals surface area contributed by atoms with Gasteiger partial charge in [0.1, 0.15) is 0 Å². The van der Waals surface area contributed by atoms with Crippen LogP contribution in [0.5, 0.6) is 0 Å². The lowest BCUT2D eigenvalue weighted by molar-refractivity contribution is -0.126. The topological polar surface area (TPSA) is 40.1 Å². The van der Waals surface area contributed by atoms with Gasteiger partial charge in [-0.3, -0.25) is 9.89 Å². The largest absolute Gasteiger partial charge is 0.378 e. The first-order valence-corrected chi connectivity index (χ1v) is 10.3. The van der Waals surface area contributed by atoms with Crippen molar-refractivity contribution in [2.45, 2.75) is 63.6 Å². The maximum absolute atomic E-state index is 6.06. The zero-order chi connectivity index (χ0) is 17.3. The van der Waals surface area contributed by atoms with Gasteiger partial charge in [0.25, 0.3) is 0 Å². The average molecular weight is 474 g/mol. The lowest BCUT2D eigenvalue weighted by Crippen LogP contribution is -2.65. The molecule has 0 amide bonds. The summed E-state index contributed by atoms with van der Waals surface area (Å²) in [7, 11) is 1.94. The Morgan fingerprint density at radius 1 is 1.27 bits per heavy atom. The van der Waals surface area contributed by atoms with Gasteiger partial charge in [0.05, 0.1) is 6.10 Å². The first-order chi connectivity index (χ1) is 12.3. The van der Waals surface area contributed by atoms with Gasteiger partial charge < -0.3 is 15.0 Å². The number of nitrogens with zero attached hydrogens (tertiary/aromatic N) is 3. The highest BCUT2D eigenvalue weighted by Crippen LogP contribution is 2.54. The molecule has 1 N–H and O–H groups in total. The SMILES string of the molecule is CCOC1CC(NC(=NC)N2CCC(N3CC=CC3)C2)C12CCCC2.I. The predicted molar refractivity (Wildman–Crippen MR) is 117 cm³/mol. The first kappa shape index (κ1) is 20.4. The van der Waals surface area contributed by atoms with Crippen LogP contribution < -0.4 is 5.32 Å². The average Bonchev–Trinajstić information content (AvgIpc) is 3.38. The molecule has 6 heteroatoms. The molecular formula is C20H35IN4O. The molecule has 3 atom stereocenters. The van der Waals surface area contributed by atoms with Crippen molar-refractivity contribution in [2.24, 2.45) is 10.4 Å². The Balaban J connectivity index is 0.00000196. The molecule has 2 saturated carbocycles. The second-order valence-corrected chi connectivity index (χ2v) is 8.18. The van der Waals surface area contributed by atoms with Crippen molar-refractivity contribution in [3.8, 4) is 0 Å². The molecule has 1 saturated heterocycles. The standard InChI is InChI=1S/C20H34N4O.HI/c1-3-25-18-14-17(20(18)9-4-5-10-20)22-19(21-2)24-13-8-16(15-24)23-11-6-7-12-23;/h6-7,16-18H,3-5,8-15H2,1-2H3,(H,21,22);1H. The molecule has 0 aromatic carbocycles. The summed E-state index contributed by atoms with van der Waals surface area (Å²) in [6.45, 7) is 7.43. The van der Waals surface area contributed by atoms with Crippen LogP contribution in [0.2, 0.25) is 0 Å². The lowest BCUT2D eigenvalue weighted by atomic mass is 9.60. The van der Waals surface area contributed by atoms with Crippen LogP contribution in [0.25, 0.3) is 0 Å². The number of halogens is 1. The summed E-state index contributed by atoms with van der Waals surface area (Å²) in [6, 6.07) is 1.21. The van der Waals surface area contributed by atoms with Crippen molar-refractivity contribution in [1.82, 2.24) is 15.1 Å². The van der Waals surface area contributed by atoms with Crippen LogP contribution in [0.1, 0.15) is 45.4 Å². The van der Waals surface area contributed by atoms with Gasteiger partial charge in [-0.2, -0.15) is 0 Å². The van der Waals surface area contributed by atoms with E-state index in [1.54, 1.807) is 0 Å². The van der Waals surface area contributed by atoms with E-state index in [-0.39, 0.29) is 24.0 Å². The van der Waals surface area contributed by atoms with Crippen LogP contribution >= 0.6 is 24.0 Å². The van der Waals surface area contributed by atoms with E-state index in [0.717, 1.165) is 45.2 Å². The number of hydrogen-bond donors (Lipinski definition) is 1. The maximum atomic E-state index is 6.06. The molecule has 1 spiro atoms. The summed E-state index contributed by atoms with van der Waals surface area (Å²) in [6.07, 6.45) is 12.8. The monoisotopic (exact) mass is 474 g/mol. The van der Waals surface area contributed by atoms with E-state index < -0.39 is 0 Å². The number of hydrogen-bond acceptors (Lipinski definition) is 3. The number of guanidine groups is 1. The van der Waals surface area contributed by atoms with Crippen LogP contribution in [0.3, 0.4) is 0 Å². The Hall–Kier alpha value is -0.340. The van der Waals surface area contributed by atoms with Crippen molar-refractivity contribution >= 4 is 29.9 Å². The Labute approximate surface area is 175 Å². The normalized spacial score (nSPS) is 33.5. The van der Waals surface area contributed by atoms with Crippen molar-refractivity contribution in [3.05, 3.63) is 12.2 Å². The van der Waals surface area contributed by atoms with E-state index >= 15 is 0 Å². The van der Waals surface area contributed by atoms with E-state index in [2.05, 4.69) is 39.2 Å². The molecule has 4 rings (SSSR count). The highest BCUT2D eigenvalue weighted by Gasteiger charge is 2.57. The minimum absolute atomic E-state index is 0. The van der Waals surface area contributed by atoms with Gasteiger partial charge in [-0.1, -0.05) is 25.0 Å². The van der Waals surface area contributed by atoms with Crippen LogP contribution in [-0.2, 0) is 4.74 Å². The minimum atomic E-state index is 0. The van der Waals surface area contributed by atoms with Crippen molar-refractivity contribution in [3.63, 3.8) is 0 Å². The van der Waals surface area contributed by atoms with Crippen LogP contribution in [0, 0.1) is 5.41 Å². The molecule has 0 aromatic rings. The molecule has 3 unspecified atom stereocenters. The summed E-state index contributed by atoms with van der Waals surface area (Å²) >= 11 is 0. The van der Waals surface area contributed by atoms with Gasteiger partial charge in [0.2, 0.25) is 0 Å². The third-order valence-corrected chi connectivity index (χ3v) is 7.03. The number of likely N-dealkylation sites (tertiary alicyclic amines) is 1. The highest BCUT2D eigenvalue weighted by atomic mass is 127. The maximum Gasteiger partial charge on any atom is 0.193 e. The molecule has 26 heavy (non-hydrogen) atoms. The molecule has 0 radical (unpaired) electrons. The number of aliphatic imine (C=N–C) groups is 1. The van der Waals surface area contributed by atoms with Crippen molar-refractivity contribution in [2.75, 3.05) is 39.8 Å². The van der Waals surface area contributed by atoms with E-state index in [9.17, 15) is 0 Å². The van der Waals surface area contributed by atoms with Crippen molar-refractivity contribution < 1.29 is 4.74 Å². The molecule has 0 aromatic heterocycles. The van der Waals surface area contributed by atoms with E-state index in [1.807, 2.05) is 7.05 Å². The fraction of sp³-hybridized carbons (Fsp3) is 0.850. The molecule has 0 bridgehead atoms. The van der Waals surface area contributed by atoms with Gasteiger partial charge in [-0.25, -0.2) is 0 Å². The third-order valence-electron chi connectivity index (χ3n) is 7.03. The second-order valence-electron chi connectivity index (χ2n) is 8.18. The van der Waals surface area contributed by atoms with Crippen LogP contribution in [0.15, 0.2) is 17.1 Å². The lowest BCUT2D eigenvalue weighted by Gasteiger charge is -2.54. The number of nitrogens with one attached hydrogen (secondary N) is 1. The van der Waals surface area contributed by atoms with E-state index in [0.29, 0.717) is 23.6 Å². The quantitative estimate of drug-likeness (QED) is 0.295. The predicted octanol–water partition coefficient (Wildman–Crippen LogP) is 2.86. The number of rotatable bonds is 4.